The third-order valence-electron chi connectivity index (χ3n) is 5.27. The largest absolute Gasteiger partial charge is 0.412 e. The Kier molecular flexibility index (Phi) is 7.55. The van der Waals surface area contributed by atoms with Crippen molar-refractivity contribution in [3.05, 3.63) is 84.9 Å². The number of aromatic nitrogens is 1. The number of pyridine rings is 1. The molecule has 0 unspecified atom stereocenters. The highest BCUT2D eigenvalue weighted by molar-refractivity contribution is 5.93. The zero-order chi connectivity index (χ0) is 24.0. The Morgan fingerprint density at radius 1 is 1.30 bits per heavy atom. The van der Waals surface area contributed by atoms with Crippen LogP contribution in [0, 0.1) is 0 Å². The van der Waals surface area contributed by atoms with E-state index in [0.717, 1.165) is 24.7 Å². The summed E-state index contributed by atoms with van der Waals surface area (Å²) in [7, 11) is 1.97. The lowest BCUT2D eigenvalue weighted by molar-refractivity contribution is -0.0928. The van der Waals surface area contributed by atoms with Gasteiger partial charge in [-0.25, -0.2) is 15.8 Å². The van der Waals surface area contributed by atoms with Crippen LogP contribution in [0.1, 0.15) is 18.5 Å². The second kappa shape index (κ2) is 10.4. The minimum atomic E-state index is -4.36. The fourth-order valence-corrected chi connectivity index (χ4v) is 3.54. The van der Waals surface area contributed by atoms with Gasteiger partial charge in [0.15, 0.2) is 5.82 Å². The number of fused-ring (bicyclic) bond motifs is 1. The van der Waals surface area contributed by atoms with E-state index in [2.05, 4.69) is 28.5 Å². The van der Waals surface area contributed by atoms with Crippen LogP contribution in [0.3, 0.4) is 0 Å². The number of anilines is 2. The molecule has 3 rings (SSSR count). The molecule has 0 saturated carbocycles. The number of amidine groups is 1. The molecule has 6 nitrogen and oxygen atoms in total. The van der Waals surface area contributed by atoms with E-state index in [9.17, 15) is 13.2 Å². The molecule has 33 heavy (non-hydrogen) atoms. The average molecular weight is 457 g/mol. The van der Waals surface area contributed by atoms with Crippen molar-refractivity contribution in [2.45, 2.75) is 19.0 Å². The lowest BCUT2D eigenvalue weighted by Crippen LogP contribution is -2.31. The quantitative estimate of drug-likeness (QED) is 0.222. The van der Waals surface area contributed by atoms with Crippen molar-refractivity contribution in [3.63, 3.8) is 0 Å². The van der Waals surface area contributed by atoms with Crippen LogP contribution in [-0.4, -0.2) is 37.1 Å². The molecule has 0 radical (unpaired) electrons. The van der Waals surface area contributed by atoms with Gasteiger partial charge in [0.05, 0.1) is 11.4 Å². The summed E-state index contributed by atoms with van der Waals surface area (Å²) in [5.74, 6) is 7.03. The predicted octanol–water partition coefficient (Wildman–Crippen LogP) is 4.64. The molecular weight excluding hydrogens is 429 g/mol. The molecule has 3 N–H and O–H groups in total. The minimum absolute atomic E-state index is 0.216. The first-order valence-corrected chi connectivity index (χ1v) is 10.4. The van der Waals surface area contributed by atoms with Gasteiger partial charge in [0.25, 0.3) is 0 Å². The predicted molar refractivity (Wildman–Crippen MR) is 129 cm³/mol. The number of aliphatic imine (C=N–C) groups is 1. The van der Waals surface area contributed by atoms with Crippen molar-refractivity contribution in [2.75, 3.05) is 29.9 Å². The van der Waals surface area contributed by atoms with Gasteiger partial charge >= 0.3 is 6.18 Å². The smallest absolute Gasteiger partial charge is 0.372 e. The number of nitrogens with two attached hydrogens (primary N) is 1. The Labute approximate surface area is 191 Å². The Hall–Kier alpha value is -3.59. The number of halogens is 3. The molecule has 2 heterocycles. The van der Waals surface area contributed by atoms with Crippen LogP contribution < -0.4 is 21.1 Å². The highest BCUT2D eigenvalue weighted by atomic mass is 19.4. The van der Waals surface area contributed by atoms with Crippen LogP contribution in [0.2, 0.25) is 0 Å². The number of rotatable bonds is 5. The molecule has 0 bridgehead atoms. The lowest BCUT2D eigenvalue weighted by atomic mass is 10.1. The first-order valence-electron chi connectivity index (χ1n) is 10.4. The van der Waals surface area contributed by atoms with E-state index in [1.165, 1.54) is 6.08 Å². The van der Waals surface area contributed by atoms with Crippen LogP contribution in [0.15, 0.2) is 84.2 Å². The summed E-state index contributed by atoms with van der Waals surface area (Å²) in [5, 5.41) is 0. The monoisotopic (exact) mass is 456 g/mol. The average Bonchev–Trinajstić information content (AvgIpc) is 3.13. The van der Waals surface area contributed by atoms with Gasteiger partial charge in [-0.3, -0.25) is 0 Å². The lowest BCUT2D eigenvalue weighted by Gasteiger charge is -2.25. The van der Waals surface area contributed by atoms with Gasteiger partial charge in [0, 0.05) is 25.7 Å². The Morgan fingerprint density at radius 3 is 2.79 bits per heavy atom. The van der Waals surface area contributed by atoms with E-state index in [0.29, 0.717) is 35.3 Å². The van der Waals surface area contributed by atoms with Gasteiger partial charge in [-0.15, -0.1) is 0 Å². The number of allylic oxidation sites excluding steroid dienone is 8. The van der Waals surface area contributed by atoms with Gasteiger partial charge in [-0.2, -0.15) is 13.2 Å². The summed E-state index contributed by atoms with van der Waals surface area (Å²) in [6, 6.07) is 3.74. The second-order valence-corrected chi connectivity index (χ2v) is 7.53. The van der Waals surface area contributed by atoms with Crippen molar-refractivity contribution < 1.29 is 13.2 Å². The fraction of sp³-hybridized carbons (Fsp3) is 0.250. The second-order valence-electron chi connectivity index (χ2n) is 7.53. The molecule has 174 valence electrons. The standard InChI is InChI=1S/C24H27F3N6/c1-4-5-10-22(31-28)29-17(2)33-16-7-15-32(3)21-14-13-20(30-23(21)33)18-8-6-9-19(12-11-18)24(25,26)27/h4-6,8-11,13-14H,1-2,7,12,15-16,28H2,3H3,(H,29,31)/b10-5-. The molecule has 9 heteroatoms. The van der Waals surface area contributed by atoms with Crippen molar-refractivity contribution in [3.8, 4) is 0 Å². The van der Waals surface area contributed by atoms with Gasteiger partial charge in [0.1, 0.15) is 11.7 Å². The molecular formula is C24H27F3N6. The molecule has 0 atom stereocenters. The van der Waals surface area contributed by atoms with Crippen molar-refractivity contribution in [1.29, 1.82) is 0 Å². The molecule has 0 spiro atoms. The number of hydrazine groups is 1. The van der Waals surface area contributed by atoms with E-state index in [4.69, 9.17) is 10.8 Å². The summed E-state index contributed by atoms with van der Waals surface area (Å²) < 4.78 is 39.3. The van der Waals surface area contributed by atoms with Gasteiger partial charge in [-0.05, 0) is 36.6 Å². The zero-order valence-corrected chi connectivity index (χ0v) is 18.4. The number of alkyl halides is 3. The number of hydrogen-bond acceptors (Lipinski definition) is 5. The third kappa shape index (κ3) is 5.81. The summed E-state index contributed by atoms with van der Waals surface area (Å²) in [4.78, 5) is 13.3. The highest BCUT2D eigenvalue weighted by Gasteiger charge is 2.32. The zero-order valence-electron chi connectivity index (χ0n) is 18.4. The highest BCUT2D eigenvalue weighted by Crippen LogP contribution is 2.35. The number of hydrogen-bond donors (Lipinski definition) is 2. The molecule has 1 aliphatic heterocycles. The minimum Gasteiger partial charge on any atom is -0.372 e. The van der Waals surface area contributed by atoms with E-state index in [1.54, 1.807) is 30.4 Å². The van der Waals surface area contributed by atoms with E-state index in [-0.39, 0.29) is 6.42 Å². The van der Waals surface area contributed by atoms with Gasteiger partial charge < -0.3 is 15.2 Å². The maximum absolute atomic E-state index is 13.1. The van der Waals surface area contributed by atoms with Crippen LogP contribution in [0.4, 0.5) is 24.7 Å². The molecule has 0 fully saturated rings. The number of nitrogens with zero attached hydrogens (tertiary/aromatic N) is 4. The topological polar surface area (TPSA) is 69.8 Å². The Balaban J connectivity index is 1.99. The molecule has 0 saturated heterocycles. The van der Waals surface area contributed by atoms with Crippen LogP contribution in [-0.2, 0) is 0 Å². The fourth-order valence-electron chi connectivity index (χ4n) is 3.54. The van der Waals surface area contributed by atoms with Crippen molar-refractivity contribution in [2.24, 2.45) is 10.8 Å². The summed E-state index contributed by atoms with van der Waals surface area (Å²) in [6.45, 7) is 9.15. The number of nitrogens with one attached hydrogen (secondary N) is 1. The molecule has 0 amide bonds. The normalized spacial score (nSPS) is 17.2. The van der Waals surface area contributed by atoms with Crippen LogP contribution in [0.25, 0.3) is 5.57 Å². The molecule has 1 aromatic heterocycles. The Morgan fingerprint density at radius 2 is 2.09 bits per heavy atom. The molecule has 2 aliphatic rings. The van der Waals surface area contributed by atoms with Crippen LogP contribution in [0.5, 0.6) is 0 Å². The van der Waals surface area contributed by atoms with E-state index < -0.39 is 11.7 Å². The molecule has 1 aromatic rings. The van der Waals surface area contributed by atoms with Crippen molar-refractivity contribution in [1.82, 2.24) is 10.4 Å². The SMILES string of the molecule is C=C/C=C\C(=NC(=C)N1CCCN(C)c2ccc(C3=CCC(C(F)(F)F)=CC=C3)nc21)NN. The van der Waals surface area contributed by atoms with Crippen LogP contribution >= 0.6 is 0 Å². The summed E-state index contributed by atoms with van der Waals surface area (Å²) >= 11 is 0. The summed E-state index contributed by atoms with van der Waals surface area (Å²) in [5.41, 5.74) is 4.00. The Bertz CT molecular complexity index is 1060. The first kappa shape index (κ1) is 24.1. The molecule has 0 aromatic carbocycles. The van der Waals surface area contributed by atoms with E-state index in [1.807, 2.05) is 24.1 Å². The third-order valence-corrected chi connectivity index (χ3v) is 5.27. The maximum Gasteiger partial charge on any atom is 0.412 e. The van der Waals surface area contributed by atoms with E-state index >= 15 is 0 Å². The first-order chi connectivity index (χ1) is 15.7. The summed E-state index contributed by atoms with van der Waals surface area (Å²) in [6.07, 6.45) is 6.93. The van der Waals surface area contributed by atoms with Gasteiger partial charge in [0.2, 0.25) is 0 Å². The van der Waals surface area contributed by atoms with Gasteiger partial charge in [-0.1, -0.05) is 49.6 Å². The maximum atomic E-state index is 13.1. The van der Waals surface area contributed by atoms with Crippen molar-refractivity contribution >= 4 is 22.9 Å². The molecule has 1 aliphatic carbocycles.